The van der Waals surface area contributed by atoms with E-state index >= 15 is 0 Å². The van der Waals surface area contributed by atoms with Gasteiger partial charge in [-0.25, -0.2) is 9.37 Å². The first-order valence-corrected chi connectivity index (χ1v) is 5.21. The minimum absolute atomic E-state index is 0.136. The smallest absolute Gasteiger partial charge is 0.255 e. The van der Waals surface area contributed by atoms with Crippen molar-refractivity contribution >= 4 is 11.7 Å². The Morgan fingerprint density at radius 3 is 3.06 bits per heavy atom. The second-order valence-corrected chi connectivity index (χ2v) is 3.46. The summed E-state index contributed by atoms with van der Waals surface area (Å²) in [7, 11) is 1.60. The van der Waals surface area contributed by atoms with E-state index in [4.69, 9.17) is 4.52 Å². The van der Waals surface area contributed by atoms with Crippen LogP contribution in [0.25, 0.3) is 0 Å². The summed E-state index contributed by atoms with van der Waals surface area (Å²) in [6.45, 7) is 0.179. The lowest BCUT2D eigenvalue weighted by Gasteiger charge is -2.07. The van der Waals surface area contributed by atoms with Gasteiger partial charge < -0.3 is 15.2 Å². The van der Waals surface area contributed by atoms with Crippen molar-refractivity contribution in [1.82, 2.24) is 15.5 Å². The molecule has 1 amide bonds. The fraction of sp³-hybridized carbons (Fsp3) is 0.182. The van der Waals surface area contributed by atoms with E-state index in [1.165, 1.54) is 6.20 Å². The van der Waals surface area contributed by atoms with Crippen molar-refractivity contribution in [3.05, 3.63) is 41.7 Å². The predicted octanol–water partition coefficient (Wildman–Crippen LogP) is 1.18. The number of pyridine rings is 1. The molecule has 0 aliphatic rings. The molecule has 0 spiro atoms. The molecular formula is C11H11FN4O2. The molecule has 0 atom stereocenters. The highest BCUT2D eigenvalue weighted by atomic mass is 19.1. The molecule has 2 aromatic heterocycles. The fourth-order valence-electron chi connectivity index (χ4n) is 1.41. The topological polar surface area (TPSA) is 80.0 Å². The SMILES string of the molecule is CNc1ncc(F)cc1C(=O)NCc1ccno1. The zero-order chi connectivity index (χ0) is 13.0. The largest absolute Gasteiger partial charge is 0.372 e. The number of aromatic nitrogens is 2. The molecule has 94 valence electrons. The van der Waals surface area contributed by atoms with Crippen molar-refractivity contribution in [3.63, 3.8) is 0 Å². The van der Waals surface area contributed by atoms with Gasteiger partial charge in [-0.2, -0.15) is 0 Å². The van der Waals surface area contributed by atoms with E-state index in [1.807, 2.05) is 0 Å². The van der Waals surface area contributed by atoms with Crippen molar-refractivity contribution < 1.29 is 13.7 Å². The summed E-state index contributed by atoms with van der Waals surface area (Å²) in [5.74, 6) is -0.188. The number of hydrogen-bond donors (Lipinski definition) is 2. The van der Waals surface area contributed by atoms with E-state index in [2.05, 4.69) is 20.8 Å². The molecule has 0 saturated heterocycles. The van der Waals surface area contributed by atoms with E-state index < -0.39 is 11.7 Å². The number of nitrogens with one attached hydrogen (secondary N) is 2. The normalized spacial score (nSPS) is 10.1. The first-order valence-electron chi connectivity index (χ1n) is 5.21. The van der Waals surface area contributed by atoms with Crippen LogP contribution < -0.4 is 10.6 Å². The van der Waals surface area contributed by atoms with Crippen LogP contribution in [0, 0.1) is 5.82 Å². The average molecular weight is 250 g/mol. The fourth-order valence-corrected chi connectivity index (χ4v) is 1.41. The molecule has 0 bridgehead atoms. The molecule has 0 saturated carbocycles. The van der Waals surface area contributed by atoms with Gasteiger partial charge >= 0.3 is 0 Å². The van der Waals surface area contributed by atoms with E-state index in [-0.39, 0.29) is 12.1 Å². The van der Waals surface area contributed by atoms with Gasteiger partial charge in [-0.05, 0) is 6.07 Å². The lowest BCUT2D eigenvalue weighted by atomic mass is 10.2. The van der Waals surface area contributed by atoms with Gasteiger partial charge in [-0.1, -0.05) is 5.16 Å². The highest BCUT2D eigenvalue weighted by molar-refractivity contribution is 5.98. The summed E-state index contributed by atoms with van der Waals surface area (Å²) in [5, 5.41) is 8.82. The molecule has 0 radical (unpaired) electrons. The summed E-state index contributed by atoms with van der Waals surface area (Å²) in [6, 6.07) is 2.75. The van der Waals surface area contributed by atoms with Crippen LogP contribution in [0.2, 0.25) is 0 Å². The Morgan fingerprint density at radius 2 is 2.39 bits per heavy atom. The number of amides is 1. The standard InChI is InChI=1S/C11H11FN4O2/c1-13-10-9(4-7(12)5-14-10)11(17)15-6-8-2-3-16-18-8/h2-5H,6H2,1H3,(H,13,14)(H,15,17). The van der Waals surface area contributed by atoms with Gasteiger partial charge in [0.05, 0.1) is 24.5 Å². The summed E-state index contributed by atoms with van der Waals surface area (Å²) in [6.07, 6.45) is 2.52. The van der Waals surface area contributed by atoms with Crippen molar-refractivity contribution in [2.45, 2.75) is 6.54 Å². The molecule has 0 unspecified atom stereocenters. The quantitative estimate of drug-likeness (QED) is 0.851. The number of halogens is 1. The number of anilines is 1. The molecule has 7 heteroatoms. The van der Waals surface area contributed by atoms with Gasteiger partial charge in [-0.3, -0.25) is 4.79 Å². The van der Waals surface area contributed by atoms with Crippen LogP contribution in [0.4, 0.5) is 10.2 Å². The number of carbonyl (C=O) groups is 1. The van der Waals surface area contributed by atoms with Crippen LogP contribution in [0.1, 0.15) is 16.1 Å². The molecule has 0 aliphatic heterocycles. The van der Waals surface area contributed by atoms with E-state index in [1.54, 1.807) is 13.1 Å². The molecular weight excluding hydrogens is 239 g/mol. The maximum atomic E-state index is 13.1. The van der Waals surface area contributed by atoms with Crippen LogP contribution in [-0.2, 0) is 6.54 Å². The van der Waals surface area contributed by atoms with E-state index in [0.29, 0.717) is 11.6 Å². The molecule has 6 nitrogen and oxygen atoms in total. The van der Waals surface area contributed by atoms with Crippen molar-refractivity contribution in [2.24, 2.45) is 0 Å². The zero-order valence-electron chi connectivity index (χ0n) is 9.61. The molecule has 0 aliphatic carbocycles. The summed E-state index contributed by atoms with van der Waals surface area (Å²) in [5.41, 5.74) is 0.136. The van der Waals surface area contributed by atoms with E-state index in [0.717, 1.165) is 12.3 Å². The number of carbonyl (C=O) groups excluding carboxylic acids is 1. The molecule has 0 aromatic carbocycles. The minimum atomic E-state index is -0.571. The third kappa shape index (κ3) is 2.62. The lowest BCUT2D eigenvalue weighted by Crippen LogP contribution is -2.24. The van der Waals surface area contributed by atoms with Crippen LogP contribution in [0.3, 0.4) is 0 Å². The second-order valence-electron chi connectivity index (χ2n) is 3.46. The molecule has 0 fully saturated rings. The first kappa shape index (κ1) is 12.0. The highest BCUT2D eigenvalue weighted by Gasteiger charge is 2.13. The summed E-state index contributed by atoms with van der Waals surface area (Å²) in [4.78, 5) is 15.6. The van der Waals surface area contributed by atoms with Gasteiger partial charge in [0.2, 0.25) is 0 Å². The molecule has 2 aromatic rings. The Hall–Kier alpha value is -2.44. The van der Waals surface area contributed by atoms with Crippen LogP contribution in [0.15, 0.2) is 29.0 Å². The highest BCUT2D eigenvalue weighted by Crippen LogP contribution is 2.13. The minimum Gasteiger partial charge on any atom is -0.372 e. The molecule has 2 heterocycles. The summed E-state index contributed by atoms with van der Waals surface area (Å²) >= 11 is 0. The molecule has 18 heavy (non-hydrogen) atoms. The molecule has 2 N–H and O–H groups in total. The average Bonchev–Trinajstić information content (AvgIpc) is 2.89. The predicted molar refractivity (Wildman–Crippen MR) is 61.4 cm³/mol. The van der Waals surface area contributed by atoms with Crippen LogP contribution in [-0.4, -0.2) is 23.1 Å². The third-order valence-corrected chi connectivity index (χ3v) is 2.25. The van der Waals surface area contributed by atoms with E-state index in [9.17, 15) is 9.18 Å². The Kier molecular flexibility index (Phi) is 3.52. The lowest BCUT2D eigenvalue weighted by molar-refractivity contribution is 0.0947. The monoisotopic (exact) mass is 250 g/mol. The number of hydrogen-bond acceptors (Lipinski definition) is 5. The number of rotatable bonds is 4. The maximum absolute atomic E-state index is 13.1. The Bertz CT molecular complexity index is 542. The van der Waals surface area contributed by atoms with Gasteiger partial charge in [0.1, 0.15) is 11.6 Å². The van der Waals surface area contributed by atoms with Crippen molar-refractivity contribution in [3.8, 4) is 0 Å². The van der Waals surface area contributed by atoms with Crippen LogP contribution >= 0.6 is 0 Å². The van der Waals surface area contributed by atoms with Gasteiger partial charge in [-0.15, -0.1) is 0 Å². The third-order valence-electron chi connectivity index (χ3n) is 2.25. The maximum Gasteiger partial charge on any atom is 0.255 e. The van der Waals surface area contributed by atoms with Gasteiger partial charge in [0, 0.05) is 13.1 Å². The van der Waals surface area contributed by atoms with Gasteiger partial charge in [0.15, 0.2) is 5.76 Å². The van der Waals surface area contributed by atoms with Crippen molar-refractivity contribution in [2.75, 3.05) is 12.4 Å². The first-order chi connectivity index (χ1) is 8.70. The zero-order valence-corrected chi connectivity index (χ0v) is 9.61. The van der Waals surface area contributed by atoms with Gasteiger partial charge in [0.25, 0.3) is 5.91 Å². The number of nitrogens with zero attached hydrogens (tertiary/aromatic N) is 2. The Morgan fingerprint density at radius 1 is 1.56 bits per heavy atom. The molecule has 2 rings (SSSR count). The summed E-state index contributed by atoms with van der Waals surface area (Å²) < 4.78 is 17.9. The Balaban J connectivity index is 2.10. The Labute approximate surface area is 102 Å². The van der Waals surface area contributed by atoms with Crippen molar-refractivity contribution in [1.29, 1.82) is 0 Å². The van der Waals surface area contributed by atoms with Crippen LogP contribution in [0.5, 0.6) is 0 Å². The second kappa shape index (κ2) is 5.26.